The molecule has 0 saturated carbocycles. The number of halogens is 3. The van der Waals surface area contributed by atoms with Crippen LogP contribution in [-0.2, 0) is 10.0 Å². The predicted molar refractivity (Wildman–Crippen MR) is 80.1 cm³/mol. The van der Waals surface area contributed by atoms with E-state index in [9.17, 15) is 22.0 Å². The van der Waals surface area contributed by atoms with Crippen LogP contribution in [0.1, 0.15) is 16.9 Å². The van der Waals surface area contributed by atoms with Crippen LogP contribution in [0.5, 0.6) is 0 Å². The predicted octanol–water partition coefficient (Wildman–Crippen LogP) is 1.95. The number of fused-ring (bicyclic) bond motifs is 1. The fourth-order valence-corrected chi connectivity index (χ4v) is 4.60. The molecule has 0 aliphatic carbocycles. The van der Waals surface area contributed by atoms with Gasteiger partial charge in [0.15, 0.2) is 0 Å². The lowest BCUT2D eigenvalue weighted by atomic mass is 10.2. The summed E-state index contributed by atoms with van der Waals surface area (Å²) in [4.78, 5) is 13.8. The Kier molecular flexibility index (Phi) is 3.62. The summed E-state index contributed by atoms with van der Waals surface area (Å²) in [5.41, 5.74) is 5.21. The number of rotatable bonds is 3. The molecule has 3 N–H and O–H groups in total. The maximum atomic E-state index is 13.4. The minimum atomic E-state index is -4.32. The maximum absolute atomic E-state index is 13.4. The normalized spacial score (nSPS) is 18.6. The monoisotopic (exact) mass is 363 g/mol. The van der Waals surface area contributed by atoms with E-state index in [0.717, 1.165) is 0 Å². The summed E-state index contributed by atoms with van der Waals surface area (Å²) in [6, 6.07) is 4.34. The van der Waals surface area contributed by atoms with Gasteiger partial charge in [-0.2, -0.15) is 4.31 Å². The third-order valence-corrected chi connectivity index (χ3v) is 5.86. The summed E-state index contributed by atoms with van der Waals surface area (Å²) in [5.74, 6) is -4.09. The van der Waals surface area contributed by atoms with Crippen molar-refractivity contribution >= 4 is 38.4 Å². The molecule has 1 aliphatic heterocycles. The van der Waals surface area contributed by atoms with Crippen molar-refractivity contribution in [3.63, 3.8) is 0 Å². The summed E-state index contributed by atoms with van der Waals surface area (Å²) in [5, 5.41) is 0.386. The minimum Gasteiger partial charge on any atom is -0.364 e. The molecule has 6 nitrogen and oxygen atoms in total. The van der Waals surface area contributed by atoms with E-state index in [2.05, 4.69) is 4.98 Å². The molecule has 0 radical (unpaired) electrons. The SMILES string of the molecule is NC(=O)c1[nH]c2ccc(Cl)cc2c1S(=O)(=O)N1CCC(F)(F)C1. The van der Waals surface area contributed by atoms with Crippen LogP contribution in [0.3, 0.4) is 0 Å². The smallest absolute Gasteiger partial charge is 0.266 e. The van der Waals surface area contributed by atoms with E-state index in [1.165, 1.54) is 18.2 Å². The van der Waals surface area contributed by atoms with Crippen LogP contribution >= 0.6 is 11.6 Å². The first kappa shape index (κ1) is 16.2. The average molecular weight is 364 g/mol. The van der Waals surface area contributed by atoms with Gasteiger partial charge in [0.25, 0.3) is 11.8 Å². The first-order valence-electron chi connectivity index (χ1n) is 6.61. The third kappa shape index (κ3) is 2.68. The lowest BCUT2D eigenvalue weighted by Gasteiger charge is -2.16. The molecule has 0 atom stereocenters. The van der Waals surface area contributed by atoms with Gasteiger partial charge < -0.3 is 10.7 Å². The van der Waals surface area contributed by atoms with Crippen molar-refractivity contribution in [3.05, 3.63) is 28.9 Å². The summed E-state index contributed by atoms with van der Waals surface area (Å²) < 4.78 is 52.9. The Morgan fingerprint density at radius 3 is 2.65 bits per heavy atom. The number of nitrogens with one attached hydrogen (secondary N) is 1. The summed E-state index contributed by atoms with van der Waals surface area (Å²) in [6.07, 6.45) is -0.568. The van der Waals surface area contributed by atoms with E-state index in [1.807, 2.05) is 0 Å². The summed E-state index contributed by atoms with van der Waals surface area (Å²) >= 11 is 5.88. The highest BCUT2D eigenvalue weighted by Crippen LogP contribution is 2.36. The molecule has 124 valence electrons. The van der Waals surface area contributed by atoms with Gasteiger partial charge >= 0.3 is 0 Å². The number of carbonyl (C=O) groups is 1. The number of nitrogens with zero attached hydrogens (tertiary/aromatic N) is 1. The Morgan fingerprint density at radius 2 is 2.09 bits per heavy atom. The molecule has 1 aliphatic rings. The highest BCUT2D eigenvalue weighted by atomic mass is 35.5. The fourth-order valence-electron chi connectivity index (χ4n) is 2.62. The number of hydrogen-bond acceptors (Lipinski definition) is 3. The highest BCUT2D eigenvalue weighted by molar-refractivity contribution is 7.89. The van der Waals surface area contributed by atoms with Crippen LogP contribution in [0.2, 0.25) is 5.02 Å². The number of benzene rings is 1. The van der Waals surface area contributed by atoms with Crippen LogP contribution in [-0.4, -0.2) is 42.6 Å². The van der Waals surface area contributed by atoms with Gasteiger partial charge in [-0.15, -0.1) is 0 Å². The molecule has 2 heterocycles. The topological polar surface area (TPSA) is 96.3 Å². The van der Waals surface area contributed by atoms with E-state index in [-0.39, 0.29) is 22.6 Å². The molecular formula is C13H12ClF2N3O3S. The Hall–Kier alpha value is -1.71. The van der Waals surface area contributed by atoms with Crippen LogP contribution in [0.4, 0.5) is 8.78 Å². The third-order valence-electron chi connectivity index (χ3n) is 3.69. The number of nitrogens with two attached hydrogens (primary N) is 1. The molecule has 0 unspecified atom stereocenters. The molecule has 23 heavy (non-hydrogen) atoms. The Bertz CT molecular complexity index is 911. The largest absolute Gasteiger partial charge is 0.364 e. The second-order valence-corrected chi connectivity index (χ2v) is 7.64. The van der Waals surface area contributed by atoms with Crippen molar-refractivity contribution < 1.29 is 22.0 Å². The van der Waals surface area contributed by atoms with E-state index in [4.69, 9.17) is 17.3 Å². The molecule has 0 spiro atoms. The maximum Gasteiger partial charge on any atom is 0.266 e. The molecule has 1 aromatic carbocycles. The molecule has 0 bridgehead atoms. The molecule has 3 rings (SSSR count). The number of sulfonamides is 1. The molecule has 10 heteroatoms. The quantitative estimate of drug-likeness (QED) is 0.872. The number of aromatic amines is 1. The van der Waals surface area contributed by atoms with Crippen molar-refractivity contribution in [1.29, 1.82) is 0 Å². The van der Waals surface area contributed by atoms with Crippen LogP contribution in [0.15, 0.2) is 23.1 Å². The first-order valence-corrected chi connectivity index (χ1v) is 8.43. The molecule has 1 fully saturated rings. The number of alkyl halides is 2. The zero-order chi connectivity index (χ0) is 17.0. The first-order chi connectivity index (χ1) is 10.6. The van der Waals surface area contributed by atoms with E-state index < -0.39 is 39.7 Å². The van der Waals surface area contributed by atoms with Crippen LogP contribution in [0.25, 0.3) is 10.9 Å². The van der Waals surface area contributed by atoms with Crippen LogP contribution in [0, 0.1) is 0 Å². The zero-order valence-electron chi connectivity index (χ0n) is 11.6. The zero-order valence-corrected chi connectivity index (χ0v) is 13.2. The number of aromatic nitrogens is 1. The minimum absolute atomic E-state index is 0.140. The molecule has 1 amide bonds. The standard InChI is InChI=1S/C13H12ClF2N3O3S/c14-7-1-2-9-8(5-7)11(10(18-9)12(17)20)23(21,22)19-4-3-13(15,16)6-19/h1-2,5,18H,3-4,6H2,(H2,17,20). The molecule has 2 aromatic rings. The average Bonchev–Trinajstić information content (AvgIpc) is 2.99. The van der Waals surface area contributed by atoms with E-state index >= 15 is 0 Å². The number of carbonyl (C=O) groups excluding carboxylic acids is 1. The number of amides is 1. The van der Waals surface area contributed by atoms with Gasteiger partial charge in [0, 0.05) is 28.9 Å². The highest BCUT2D eigenvalue weighted by Gasteiger charge is 2.45. The van der Waals surface area contributed by atoms with Crippen molar-refractivity contribution in [2.24, 2.45) is 5.73 Å². The van der Waals surface area contributed by atoms with Gasteiger partial charge in [-0.3, -0.25) is 4.79 Å². The van der Waals surface area contributed by atoms with Crippen molar-refractivity contribution in [1.82, 2.24) is 9.29 Å². The van der Waals surface area contributed by atoms with Gasteiger partial charge in [0.1, 0.15) is 10.6 Å². The van der Waals surface area contributed by atoms with Crippen molar-refractivity contribution in [2.75, 3.05) is 13.1 Å². The van der Waals surface area contributed by atoms with E-state index in [0.29, 0.717) is 9.82 Å². The Balaban J connectivity index is 2.23. The fraction of sp³-hybridized carbons (Fsp3) is 0.308. The Morgan fingerprint density at radius 1 is 1.39 bits per heavy atom. The van der Waals surface area contributed by atoms with Gasteiger partial charge in [-0.05, 0) is 18.2 Å². The number of primary amides is 1. The van der Waals surface area contributed by atoms with Gasteiger partial charge in [0.2, 0.25) is 10.0 Å². The lowest BCUT2D eigenvalue weighted by molar-refractivity contribution is 0.0183. The molecular weight excluding hydrogens is 352 g/mol. The second-order valence-electron chi connectivity index (χ2n) is 5.33. The van der Waals surface area contributed by atoms with Gasteiger partial charge in [0.05, 0.1) is 6.54 Å². The number of hydrogen-bond donors (Lipinski definition) is 2. The van der Waals surface area contributed by atoms with E-state index in [1.54, 1.807) is 0 Å². The number of H-pyrrole nitrogens is 1. The van der Waals surface area contributed by atoms with Crippen LogP contribution < -0.4 is 5.73 Å². The van der Waals surface area contributed by atoms with Gasteiger partial charge in [-0.25, -0.2) is 17.2 Å². The summed E-state index contributed by atoms with van der Waals surface area (Å²) in [7, 11) is -4.32. The molecule has 1 aromatic heterocycles. The summed E-state index contributed by atoms with van der Waals surface area (Å²) in [6.45, 7) is -1.26. The second kappa shape index (κ2) is 5.15. The van der Waals surface area contributed by atoms with Crippen molar-refractivity contribution in [2.45, 2.75) is 17.2 Å². The molecule has 1 saturated heterocycles. The Labute approximate surface area is 135 Å². The van der Waals surface area contributed by atoms with Crippen molar-refractivity contribution in [3.8, 4) is 0 Å². The lowest BCUT2D eigenvalue weighted by Crippen LogP contribution is -2.32. The van der Waals surface area contributed by atoms with Gasteiger partial charge in [-0.1, -0.05) is 11.6 Å².